The summed E-state index contributed by atoms with van der Waals surface area (Å²) in [6, 6.07) is 16.1. The van der Waals surface area contributed by atoms with E-state index in [2.05, 4.69) is 20.8 Å². The third-order valence-corrected chi connectivity index (χ3v) is 8.13. The van der Waals surface area contributed by atoms with Crippen LogP contribution in [0.4, 0.5) is 5.69 Å². The van der Waals surface area contributed by atoms with Gasteiger partial charge in [-0.1, -0.05) is 42.1 Å². The number of tetrazole rings is 1. The zero-order valence-corrected chi connectivity index (χ0v) is 19.2. The summed E-state index contributed by atoms with van der Waals surface area (Å²) in [5.74, 6) is -0.223. The first-order valence-electron chi connectivity index (χ1n) is 10.3. The van der Waals surface area contributed by atoms with Crippen LogP contribution >= 0.6 is 11.8 Å². The summed E-state index contributed by atoms with van der Waals surface area (Å²) < 4.78 is 28.4. The molecule has 1 aromatic heterocycles. The minimum Gasteiger partial charge on any atom is -0.325 e. The molecule has 4 rings (SSSR count). The van der Waals surface area contributed by atoms with Crippen LogP contribution in [-0.2, 0) is 21.4 Å². The summed E-state index contributed by atoms with van der Waals surface area (Å²) in [5, 5.41) is 14.7. The largest absolute Gasteiger partial charge is 0.325 e. The lowest BCUT2D eigenvalue weighted by atomic mass is 10.2. The van der Waals surface area contributed by atoms with Crippen molar-refractivity contribution in [3.63, 3.8) is 0 Å². The molecule has 0 bridgehead atoms. The first-order chi connectivity index (χ1) is 15.4. The highest BCUT2D eigenvalue weighted by atomic mass is 32.2. The molecule has 9 nitrogen and oxygen atoms in total. The number of benzene rings is 2. The Morgan fingerprint density at radius 2 is 1.78 bits per heavy atom. The fourth-order valence-electron chi connectivity index (χ4n) is 3.38. The van der Waals surface area contributed by atoms with Gasteiger partial charge in [-0.05, 0) is 60.0 Å². The van der Waals surface area contributed by atoms with Crippen LogP contribution in [0.3, 0.4) is 0 Å². The van der Waals surface area contributed by atoms with Crippen molar-refractivity contribution in [1.29, 1.82) is 0 Å². The Labute approximate surface area is 191 Å². The normalized spacial score (nSPS) is 15.5. The van der Waals surface area contributed by atoms with E-state index in [1.54, 1.807) is 23.7 Å². The molecule has 2 heterocycles. The number of hydrogen-bond acceptors (Lipinski definition) is 7. The quantitative estimate of drug-likeness (QED) is 0.502. The Bertz CT molecular complexity index is 1160. The number of aromatic nitrogens is 4. The number of thioether (sulfide) groups is 1. The van der Waals surface area contributed by atoms with Crippen LogP contribution in [0.25, 0.3) is 0 Å². The summed E-state index contributed by atoms with van der Waals surface area (Å²) in [6.45, 7) is 3.39. The molecule has 1 aliphatic heterocycles. The lowest BCUT2D eigenvalue weighted by molar-refractivity contribution is -0.115. The maximum Gasteiger partial charge on any atom is 0.243 e. The fraction of sp³-hybridized carbons (Fsp3) is 0.333. The molecule has 2 aromatic carbocycles. The van der Waals surface area contributed by atoms with Gasteiger partial charge in [0.15, 0.2) is 0 Å². The molecular formula is C21H24N6O3S2. The average molecular weight is 473 g/mol. The van der Waals surface area contributed by atoms with Gasteiger partial charge in [0.2, 0.25) is 21.1 Å². The number of carbonyl (C=O) groups excluding carboxylic acids is 1. The topological polar surface area (TPSA) is 110 Å². The van der Waals surface area contributed by atoms with Crippen molar-refractivity contribution in [2.45, 2.75) is 41.6 Å². The highest BCUT2D eigenvalue weighted by Gasteiger charge is 2.27. The van der Waals surface area contributed by atoms with Gasteiger partial charge in [-0.15, -0.1) is 5.10 Å². The molecule has 0 radical (unpaired) electrons. The predicted octanol–water partition coefficient (Wildman–Crippen LogP) is 2.63. The van der Waals surface area contributed by atoms with E-state index in [0.717, 1.165) is 18.4 Å². The lowest BCUT2D eigenvalue weighted by Crippen LogP contribution is -2.27. The Morgan fingerprint density at radius 1 is 1.09 bits per heavy atom. The summed E-state index contributed by atoms with van der Waals surface area (Å²) in [7, 11) is -3.47. The van der Waals surface area contributed by atoms with Gasteiger partial charge >= 0.3 is 0 Å². The molecule has 1 amide bonds. The van der Waals surface area contributed by atoms with Crippen molar-refractivity contribution >= 4 is 33.4 Å². The minimum atomic E-state index is -3.47. The van der Waals surface area contributed by atoms with E-state index in [1.807, 2.05) is 30.3 Å². The molecule has 1 aliphatic rings. The zero-order valence-electron chi connectivity index (χ0n) is 17.6. The smallest absolute Gasteiger partial charge is 0.243 e. The van der Waals surface area contributed by atoms with Gasteiger partial charge < -0.3 is 5.32 Å². The molecule has 0 aliphatic carbocycles. The van der Waals surface area contributed by atoms with Crippen LogP contribution in [0.15, 0.2) is 64.6 Å². The van der Waals surface area contributed by atoms with E-state index in [4.69, 9.17) is 0 Å². The molecular weight excluding hydrogens is 448 g/mol. The van der Waals surface area contributed by atoms with Gasteiger partial charge in [0.05, 0.1) is 16.7 Å². The molecule has 1 N–H and O–H groups in total. The highest BCUT2D eigenvalue weighted by molar-refractivity contribution is 8.00. The van der Waals surface area contributed by atoms with E-state index >= 15 is 0 Å². The number of anilines is 1. The summed E-state index contributed by atoms with van der Waals surface area (Å²) >= 11 is 1.26. The van der Waals surface area contributed by atoms with Crippen molar-refractivity contribution in [1.82, 2.24) is 24.5 Å². The fourth-order valence-corrected chi connectivity index (χ4v) is 5.69. The molecule has 3 aromatic rings. The Balaban J connectivity index is 1.37. The lowest BCUT2D eigenvalue weighted by Gasteiger charge is -2.16. The molecule has 11 heteroatoms. The van der Waals surface area contributed by atoms with E-state index in [9.17, 15) is 13.2 Å². The van der Waals surface area contributed by atoms with Crippen LogP contribution in [0.2, 0.25) is 0 Å². The summed E-state index contributed by atoms with van der Waals surface area (Å²) in [5.41, 5.74) is 1.59. The maximum atomic E-state index is 12.7. The van der Waals surface area contributed by atoms with Crippen LogP contribution in [0.5, 0.6) is 0 Å². The number of carbonyl (C=O) groups is 1. The number of nitrogens with zero attached hydrogens (tertiary/aromatic N) is 5. The molecule has 1 saturated heterocycles. The van der Waals surface area contributed by atoms with E-state index < -0.39 is 15.3 Å². The standard InChI is InChI=1S/C21H24N6O3S2/c1-16(31-21-23-24-25-27(21)15-17-7-3-2-4-8-17)20(28)22-18-9-11-19(12-10-18)32(29,30)26-13-5-6-14-26/h2-4,7-12,16H,5-6,13-15H2,1H3,(H,22,28). The molecule has 0 spiro atoms. The average Bonchev–Trinajstić information content (AvgIpc) is 3.48. The van der Waals surface area contributed by atoms with Gasteiger partial charge in [0.25, 0.3) is 0 Å². The monoisotopic (exact) mass is 472 g/mol. The van der Waals surface area contributed by atoms with Crippen molar-refractivity contribution in [3.8, 4) is 0 Å². The first-order valence-corrected chi connectivity index (χ1v) is 12.6. The molecule has 168 valence electrons. The Kier molecular flexibility index (Phi) is 6.87. The molecule has 1 fully saturated rings. The van der Waals surface area contributed by atoms with Gasteiger partial charge in [-0.25, -0.2) is 13.1 Å². The molecule has 1 atom stereocenters. The second-order valence-corrected chi connectivity index (χ2v) is 10.7. The molecule has 32 heavy (non-hydrogen) atoms. The van der Waals surface area contributed by atoms with Crippen LogP contribution in [0, 0.1) is 0 Å². The van der Waals surface area contributed by atoms with Crippen LogP contribution in [0.1, 0.15) is 25.3 Å². The number of rotatable bonds is 8. The SMILES string of the molecule is CC(Sc1nnnn1Cc1ccccc1)C(=O)Nc1ccc(S(=O)(=O)N2CCCC2)cc1. The molecule has 0 saturated carbocycles. The summed E-state index contributed by atoms with van der Waals surface area (Å²) in [4.78, 5) is 12.9. The third-order valence-electron chi connectivity index (χ3n) is 5.15. The predicted molar refractivity (Wildman–Crippen MR) is 122 cm³/mol. The highest BCUT2D eigenvalue weighted by Crippen LogP contribution is 2.24. The Morgan fingerprint density at radius 3 is 2.47 bits per heavy atom. The van der Waals surface area contributed by atoms with Crippen molar-refractivity contribution in [2.24, 2.45) is 0 Å². The zero-order chi connectivity index (χ0) is 22.6. The number of sulfonamides is 1. The van der Waals surface area contributed by atoms with E-state index in [-0.39, 0.29) is 10.8 Å². The minimum absolute atomic E-state index is 0.223. The first kappa shape index (κ1) is 22.4. The van der Waals surface area contributed by atoms with Crippen molar-refractivity contribution < 1.29 is 13.2 Å². The van der Waals surface area contributed by atoms with E-state index in [1.165, 1.54) is 28.2 Å². The third kappa shape index (κ3) is 5.17. The number of hydrogen-bond donors (Lipinski definition) is 1. The van der Waals surface area contributed by atoms with Crippen LogP contribution in [-0.4, -0.2) is 57.2 Å². The Hall–Kier alpha value is -2.76. The second-order valence-electron chi connectivity index (χ2n) is 7.49. The maximum absolute atomic E-state index is 12.7. The van der Waals surface area contributed by atoms with Crippen LogP contribution < -0.4 is 5.32 Å². The second kappa shape index (κ2) is 9.80. The van der Waals surface area contributed by atoms with Gasteiger partial charge in [-0.3, -0.25) is 4.79 Å². The number of nitrogens with one attached hydrogen (secondary N) is 1. The van der Waals surface area contributed by atoms with Gasteiger partial charge in [0.1, 0.15) is 0 Å². The molecule has 1 unspecified atom stereocenters. The van der Waals surface area contributed by atoms with Crippen molar-refractivity contribution in [3.05, 3.63) is 60.2 Å². The van der Waals surface area contributed by atoms with Crippen molar-refractivity contribution in [2.75, 3.05) is 18.4 Å². The van der Waals surface area contributed by atoms with E-state index in [0.29, 0.717) is 30.5 Å². The summed E-state index contributed by atoms with van der Waals surface area (Å²) in [6.07, 6.45) is 1.77. The number of amides is 1. The van der Waals surface area contributed by atoms with Gasteiger partial charge in [-0.2, -0.15) is 4.31 Å². The van der Waals surface area contributed by atoms with Gasteiger partial charge in [0, 0.05) is 18.8 Å².